The predicted molar refractivity (Wildman–Crippen MR) is 193 cm³/mol. The molecular weight excluding hydrogens is 675 g/mol. The lowest BCUT2D eigenvalue weighted by atomic mass is 10.1. The first-order valence-electron chi connectivity index (χ1n) is 15.7. The van der Waals surface area contributed by atoms with E-state index < -0.39 is 21.7 Å². The minimum absolute atomic E-state index is 0.105. The zero-order chi connectivity index (χ0) is 35.5. The number of fused-ring (bicyclic) bond motifs is 1. The van der Waals surface area contributed by atoms with Crippen LogP contribution in [0.4, 0.5) is 9.93 Å². The number of ether oxygens (including phenoxy) is 2. The van der Waals surface area contributed by atoms with Crippen LogP contribution in [0.5, 0.6) is 11.5 Å². The molecule has 0 saturated carbocycles. The largest absolute Gasteiger partial charge is 0.457 e. The first kappa shape index (κ1) is 34.3. The molecule has 6 aromatic rings. The fraction of sp³-hybridized carbons (Fsp3) is 0.189. The highest BCUT2D eigenvalue weighted by molar-refractivity contribution is 7.90. The summed E-state index contributed by atoms with van der Waals surface area (Å²) in [4.78, 5) is 34.5. The van der Waals surface area contributed by atoms with Crippen LogP contribution < -0.4 is 15.4 Å². The van der Waals surface area contributed by atoms with E-state index in [1.54, 1.807) is 69.4 Å². The maximum Gasteiger partial charge on any atom is 0.407 e. The van der Waals surface area contributed by atoms with Crippen molar-refractivity contribution in [2.45, 2.75) is 51.2 Å². The Kier molecular flexibility index (Phi) is 9.71. The number of aryl methyl sites for hydroxylation is 1. The van der Waals surface area contributed by atoms with Crippen LogP contribution in [0.2, 0.25) is 0 Å². The molecule has 2 N–H and O–H groups in total. The summed E-state index contributed by atoms with van der Waals surface area (Å²) in [7, 11) is -4.07. The molecule has 2 amide bonds. The number of amides is 2. The quantitative estimate of drug-likeness (QED) is 0.147. The molecule has 0 spiro atoms. The van der Waals surface area contributed by atoms with Crippen LogP contribution in [0.15, 0.2) is 108 Å². The number of alkyl carbamates (subject to hydrolysis) is 1. The first-order chi connectivity index (χ1) is 23.9. The van der Waals surface area contributed by atoms with Gasteiger partial charge in [-0.1, -0.05) is 71.5 Å². The Labute approximate surface area is 294 Å². The number of hydrogen-bond donors (Lipinski definition) is 2. The van der Waals surface area contributed by atoms with E-state index in [0.717, 1.165) is 20.7 Å². The summed E-state index contributed by atoms with van der Waals surface area (Å²) < 4.78 is 40.8. The Morgan fingerprint density at radius 1 is 0.900 bits per heavy atom. The van der Waals surface area contributed by atoms with Crippen molar-refractivity contribution in [2.24, 2.45) is 0 Å². The molecule has 50 heavy (non-hydrogen) atoms. The normalized spacial score (nSPS) is 11.7. The smallest absolute Gasteiger partial charge is 0.407 e. The van der Waals surface area contributed by atoms with Gasteiger partial charge in [0, 0.05) is 30.7 Å². The molecule has 0 radical (unpaired) electrons. The Morgan fingerprint density at radius 2 is 1.62 bits per heavy atom. The van der Waals surface area contributed by atoms with E-state index >= 15 is 0 Å². The molecule has 0 atom stereocenters. The molecule has 13 heteroatoms. The van der Waals surface area contributed by atoms with Gasteiger partial charge < -0.3 is 20.1 Å². The number of rotatable bonds is 10. The molecule has 0 aliphatic heterocycles. The number of carbonyl (C=O) groups excluding carboxylic acids is 2. The van der Waals surface area contributed by atoms with Gasteiger partial charge in [0.25, 0.3) is 10.0 Å². The summed E-state index contributed by atoms with van der Waals surface area (Å²) in [5.74, 6) is 0.624. The van der Waals surface area contributed by atoms with Crippen molar-refractivity contribution < 1.29 is 27.5 Å². The first-order valence-corrected chi connectivity index (χ1v) is 18.0. The second kappa shape index (κ2) is 14.1. The standard InChI is InChI=1S/C37H35N5O6S2/c1-24-10-16-28(17-11-24)50(45,46)42-23-29(31-22-39-35(49-31)41-32(43)20-25-8-6-5-7-9-25)33-30(18-19-38-34(33)42)47-27-14-12-26(13-15-27)21-40-36(44)48-37(2,3)4/h5-19,22-23H,20-21H2,1-4H3,(H,40,44)(H,39,41,43). The average Bonchev–Trinajstić information content (AvgIpc) is 3.70. The van der Waals surface area contributed by atoms with E-state index in [9.17, 15) is 18.0 Å². The van der Waals surface area contributed by atoms with Crippen LogP contribution in [0, 0.1) is 6.92 Å². The third-order valence-electron chi connectivity index (χ3n) is 7.41. The summed E-state index contributed by atoms with van der Waals surface area (Å²) in [6.07, 6.45) is 4.25. The minimum atomic E-state index is -4.07. The summed E-state index contributed by atoms with van der Waals surface area (Å²) in [5, 5.41) is 6.39. The molecule has 0 saturated heterocycles. The molecule has 11 nitrogen and oxygen atoms in total. The zero-order valence-electron chi connectivity index (χ0n) is 27.8. The Bertz CT molecular complexity index is 2260. The number of pyridine rings is 1. The molecular formula is C37H35N5O6S2. The fourth-order valence-electron chi connectivity index (χ4n) is 5.07. The maximum absolute atomic E-state index is 14.0. The van der Waals surface area contributed by atoms with Gasteiger partial charge in [0.05, 0.1) is 21.6 Å². The highest BCUT2D eigenvalue weighted by Gasteiger charge is 2.26. The van der Waals surface area contributed by atoms with Crippen molar-refractivity contribution in [3.8, 4) is 21.9 Å². The van der Waals surface area contributed by atoms with Crippen molar-refractivity contribution in [1.82, 2.24) is 19.3 Å². The minimum Gasteiger partial charge on any atom is -0.457 e. The van der Waals surface area contributed by atoms with Crippen molar-refractivity contribution in [3.05, 3.63) is 120 Å². The topological polar surface area (TPSA) is 142 Å². The van der Waals surface area contributed by atoms with E-state index in [0.29, 0.717) is 32.5 Å². The third kappa shape index (κ3) is 8.01. The van der Waals surface area contributed by atoms with E-state index in [1.807, 2.05) is 49.4 Å². The lowest BCUT2D eigenvalue weighted by molar-refractivity contribution is -0.115. The molecule has 0 bridgehead atoms. The predicted octanol–water partition coefficient (Wildman–Crippen LogP) is 7.70. The highest BCUT2D eigenvalue weighted by Crippen LogP contribution is 2.42. The van der Waals surface area contributed by atoms with Crippen molar-refractivity contribution in [2.75, 3.05) is 5.32 Å². The third-order valence-corrected chi connectivity index (χ3v) is 10.0. The number of thiazole rings is 1. The van der Waals surface area contributed by atoms with E-state index in [2.05, 4.69) is 20.6 Å². The molecule has 0 aliphatic carbocycles. The summed E-state index contributed by atoms with van der Waals surface area (Å²) >= 11 is 1.21. The molecule has 0 aliphatic rings. The van der Waals surface area contributed by atoms with E-state index in [4.69, 9.17) is 9.47 Å². The second-order valence-corrected chi connectivity index (χ2v) is 15.4. The van der Waals surface area contributed by atoms with Gasteiger partial charge in [0.1, 0.15) is 17.1 Å². The second-order valence-electron chi connectivity index (χ2n) is 12.5. The summed E-state index contributed by atoms with van der Waals surface area (Å²) in [5.41, 5.74) is 2.69. The number of nitrogens with one attached hydrogen (secondary N) is 2. The number of aromatic nitrogens is 3. The fourth-order valence-corrected chi connectivity index (χ4v) is 7.23. The van der Waals surface area contributed by atoms with Gasteiger partial charge in [-0.05, 0) is 69.2 Å². The monoisotopic (exact) mass is 709 g/mol. The molecule has 3 aromatic carbocycles. The van der Waals surface area contributed by atoms with Gasteiger partial charge in [-0.3, -0.25) is 4.79 Å². The highest BCUT2D eigenvalue weighted by atomic mass is 32.2. The lowest BCUT2D eigenvalue weighted by Crippen LogP contribution is -2.32. The average molecular weight is 710 g/mol. The molecule has 3 aromatic heterocycles. The van der Waals surface area contributed by atoms with Gasteiger partial charge in [-0.2, -0.15) is 0 Å². The van der Waals surface area contributed by atoms with Crippen LogP contribution in [0.3, 0.4) is 0 Å². The Morgan fingerprint density at radius 3 is 2.32 bits per heavy atom. The van der Waals surface area contributed by atoms with Crippen LogP contribution in [-0.4, -0.2) is 40.0 Å². The summed E-state index contributed by atoms with van der Waals surface area (Å²) in [6, 6.07) is 24.8. The van der Waals surface area contributed by atoms with Gasteiger partial charge in [0.2, 0.25) is 5.91 Å². The van der Waals surface area contributed by atoms with Crippen LogP contribution in [-0.2, 0) is 32.5 Å². The molecule has 256 valence electrons. The molecule has 3 heterocycles. The number of anilines is 1. The lowest BCUT2D eigenvalue weighted by Gasteiger charge is -2.19. The Balaban J connectivity index is 1.33. The van der Waals surface area contributed by atoms with Gasteiger partial charge in [-0.15, -0.1) is 0 Å². The van der Waals surface area contributed by atoms with Crippen LogP contribution >= 0.6 is 11.3 Å². The van der Waals surface area contributed by atoms with Crippen molar-refractivity contribution in [3.63, 3.8) is 0 Å². The van der Waals surface area contributed by atoms with Gasteiger partial charge in [-0.25, -0.2) is 27.2 Å². The number of carbonyl (C=O) groups is 2. The number of nitrogens with zero attached hydrogens (tertiary/aromatic N) is 3. The van der Waals surface area contributed by atoms with Crippen LogP contribution in [0.1, 0.15) is 37.5 Å². The molecule has 6 rings (SSSR count). The van der Waals surface area contributed by atoms with E-state index in [1.165, 1.54) is 23.7 Å². The van der Waals surface area contributed by atoms with Gasteiger partial charge >= 0.3 is 6.09 Å². The molecule has 0 fully saturated rings. The van der Waals surface area contributed by atoms with E-state index in [-0.39, 0.29) is 29.4 Å². The van der Waals surface area contributed by atoms with Gasteiger partial charge in [0.15, 0.2) is 10.8 Å². The van der Waals surface area contributed by atoms with Crippen LogP contribution in [0.25, 0.3) is 21.5 Å². The Hall–Kier alpha value is -5.53. The van der Waals surface area contributed by atoms with Crippen molar-refractivity contribution >= 4 is 49.5 Å². The maximum atomic E-state index is 14.0. The van der Waals surface area contributed by atoms with Crippen molar-refractivity contribution in [1.29, 1.82) is 0 Å². The SMILES string of the molecule is Cc1ccc(S(=O)(=O)n2cc(-c3cnc(NC(=O)Cc4ccccc4)s3)c3c(Oc4ccc(CNC(=O)OC(C)(C)C)cc4)ccnc32)cc1. The number of hydrogen-bond acceptors (Lipinski definition) is 9. The molecule has 0 unspecified atom stereocenters. The summed E-state index contributed by atoms with van der Waals surface area (Å²) in [6.45, 7) is 7.53. The number of benzene rings is 3. The zero-order valence-corrected chi connectivity index (χ0v) is 29.5.